The van der Waals surface area contributed by atoms with E-state index in [9.17, 15) is 23.3 Å². The number of nitro benzene ring substituents is 1. The van der Waals surface area contributed by atoms with Crippen LogP contribution >= 0.6 is 0 Å². The van der Waals surface area contributed by atoms with Crippen molar-refractivity contribution in [1.82, 2.24) is 0 Å². The second kappa shape index (κ2) is 11.4. The van der Waals surface area contributed by atoms with Gasteiger partial charge in [-0.3, -0.25) is 10.1 Å². The minimum Gasteiger partial charge on any atom is -0.496 e. The van der Waals surface area contributed by atoms with E-state index >= 15 is 0 Å². The first-order valence-corrected chi connectivity index (χ1v) is 13.9. The zero-order valence-electron chi connectivity index (χ0n) is 21.8. The molecule has 0 aliphatic carbocycles. The van der Waals surface area contributed by atoms with E-state index in [0.717, 1.165) is 5.56 Å². The van der Waals surface area contributed by atoms with Gasteiger partial charge >= 0.3 is 5.97 Å². The van der Waals surface area contributed by atoms with E-state index in [-0.39, 0.29) is 26.8 Å². The number of non-ortho nitro benzene ring substituents is 1. The maximum absolute atomic E-state index is 13.8. The summed E-state index contributed by atoms with van der Waals surface area (Å²) >= 11 is 0. The molecular formula is C32H23NO7S. The average molecular weight is 566 g/mol. The van der Waals surface area contributed by atoms with Gasteiger partial charge in [0, 0.05) is 23.3 Å². The highest BCUT2D eigenvalue weighted by atomic mass is 32.2. The van der Waals surface area contributed by atoms with Crippen molar-refractivity contribution in [2.45, 2.75) is 9.79 Å². The van der Waals surface area contributed by atoms with Gasteiger partial charge in [-0.1, -0.05) is 60.7 Å². The van der Waals surface area contributed by atoms with Crippen molar-refractivity contribution in [3.05, 3.63) is 137 Å². The van der Waals surface area contributed by atoms with E-state index in [1.807, 2.05) is 36.4 Å². The van der Waals surface area contributed by atoms with Crippen molar-refractivity contribution in [1.29, 1.82) is 0 Å². The first-order chi connectivity index (χ1) is 19.8. The third-order valence-electron chi connectivity index (χ3n) is 6.43. The van der Waals surface area contributed by atoms with E-state index in [2.05, 4.69) is 0 Å². The van der Waals surface area contributed by atoms with Gasteiger partial charge in [-0.2, -0.15) is 0 Å². The van der Waals surface area contributed by atoms with Gasteiger partial charge in [0.25, 0.3) is 5.69 Å². The van der Waals surface area contributed by atoms with Gasteiger partial charge in [-0.25, -0.2) is 13.2 Å². The Morgan fingerprint density at radius 3 is 1.66 bits per heavy atom. The van der Waals surface area contributed by atoms with Crippen LogP contribution in [0.3, 0.4) is 0 Å². The van der Waals surface area contributed by atoms with Crippen molar-refractivity contribution in [2.24, 2.45) is 0 Å². The lowest BCUT2D eigenvalue weighted by molar-refractivity contribution is -0.384. The third kappa shape index (κ3) is 5.70. The molecule has 0 aromatic heterocycles. The van der Waals surface area contributed by atoms with E-state index in [4.69, 9.17) is 9.47 Å². The molecule has 0 saturated carbocycles. The van der Waals surface area contributed by atoms with Gasteiger partial charge in [0.1, 0.15) is 11.5 Å². The quantitative estimate of drug-likeness (QED) is 0.0862. The highest BCUT2D eigenvalue weighted by Crippen LogP contribution is 2.37. The summed E-state index contributed by atoms with van der Waals surface area (Å²) in [5, 5.41) is 10.9. The number of hydrogen-bond donors (Lipinski definition) is 0. The molecule has 0 heterocycles. The fourth-order valence-electron chi connectivity index (χ4n) is 4.32. The van der Waals surface area contributed by atoms with Crippen molar-refractivity contribution in [2.75, 3.05) is 7.11 Å². The summed E-state index contributed by atoms with van der Waals surface area (Å²) in [6, 6.07) is 32.3. The summed E-state index contributed by atoms with van der Waals surface area (Å²) in [6.07, 6.45) is 0. The number of benzene rings is 5. The molecule has 5 aromatic rings. The lowest BCUT2D eigenvalue weighted by atomic mass is 10.0. The lowest BCUT2D eigenvalue weighted by Gasteiger charge is -2.14. The predicted octanol–water partition coefficient (Wildman–Crippen LogP) is 6.99. The first kappa shape index (κ1) is 27.3. The molecule has 0 saturated heterocycles. The predicted molar refractivity (Wildman–Crippen MR) is 154 cm³/mol. The van der Waals surface area contributed by atoms with Crippen LogP contribution in [0.1, 0.15) is 10.4 Å². The number of sulfone groups is 1. The number of rotatable bonds is 8. The summed E-state index contributed by atoms with van der Waals surface area (Å²) in [4.78, 5) is 23.4. The van der Waals surface area contributed by atoms with Crippen LogP contribution in [-0.4, -0.2) is 26.4 Å². The monoisotopic (exact) mass is 565 g/mol. The molecule has 0 fully saturated rings. The normalized spacial score (nSPS) is 11.0. The van der Waals surface area contributed by atoms with Gasteiger partial charge in [-0.05, 0) is 59.7 Å². The lowest BCUT2D eigenvalue weighted by Crippen LogP contribution is -2.10. The van der Waals surface area contributed by atoms with Crippen molar-refractivity contribution in [3.8, 4) is 33.8 Å². The number of nitrogens with zero attached hydrogens (tertiary/aromatic N) is 1. The van der Waals surface area contributed by atoms with Crippen LogP contribution in [0.4, 0.5) is 5.69 Å². The molecule has 0 radical (unpaired) electrons. The smallest absolute Gasteiger partial charge is 0.343 e. The Hall–Kier alpha value is -5.28. The molecule has 5 rings (SSSR count). The molecule has 0 spiro atoms. The minimum absolute atomic E-state index is 0.00988. The summed E-state index contributed by atoms with van der Waals surface area (Å²) in [6.45, 7) is 0. The number of hydrogen-bond acceptors (Lipinski definition) is 7. The average Bonchev–Trinajstić information content (AvgIpc) is 3.01. The summed E-state index contributed by atoms with van der Waals surface area (Å²) in [5.41, 5.74) is 2.41. The zero-order valence-corrected chi connectivity index (χ0v) is 22.6. The molecule has 5 aromatic carbocycles. The van der Waals surface area contributed by atoms with E-state index in [0.29, 0.717) is 22.4 Å². The molecule has 41 heavy (non-hydrogen) atoms. The van der Waals surface area contributed by atoms with Crippen LogP contribution in [-0.2, 0) is 9.84 Å². The van der Waals surface area contributed by atoms with Gasteiger partial charge in [0.15, 0.2) is 0 Å². The van der Waals surface area contributed by atoms with Gasteiger partial charge in [0.2, 0.25) is 9.84 Å². The number of carbonyl (C=O) groups is 1. The number of carbonyl (C=O) groups excluding carboxylic acids is 1. The Bertz CT molecular complexity index is 1840. The number of methoxy groups -OCH3 is 1. The highest BCUT2D eigenvalue weighted by molar-refractivity contribution is 7.91. The molecule has 0 atom stereocenters. The molecule has 0 amide bonds. The van der Waals surface area contributed by atoms with Crippen LogP contribution in [0.5, 0.6) is 11.5 Å². The summed E-state index contributed by atoms with van der Waals surface area (Å²) in [5.74, 6) is -0.0674. The Morgan fingerprint density at radius 2 is 1.17 bits per heavy atom. The molecule has 0 unspecified atom stereocenters. The van der Waals surface area contributed by atoms with Crippen LogP contribution in [0.15, 0.2) is 131 Å². The Labute approximate surface area is 236 Å². The van der Waals surface area contributed by atoms with Crippen molar-refractivity contribution >= 4 is 21.5 Å². The molecule has 0 aliphatic heterocycles. The van der Waals surface area contributed by atoms with Crippen molar-refractivity contribution < 1.29 is 27.6 Å². The Kier molecular flexibility index (Phi) is 7.62. The summed E-state index contributed by atoms with van der Waals surface area (Å²) < 4.78 is 38.8. The van der Waals surface area contributed by atoms with Crippen LogP contribution < -0.4 is 9.47 Å². The standard InChI is InChI=1S/C32H23NO7S/c1-39-30-18-16-26(20-28(30)22-8-4-2-5-9-22)41(37,38)27-17-19-31(29(21-27)23-10-6-3-7-11-23)40-32(34)24-12-14-25(15-13-24)33(35)36/h2-21H,1H3. The highest BCUT2D eigenvalue weighted by Gasteiger charge is 2.23. The SMILES string of the molecule is COc1ccc(S(=O)(=O)c2ccc(OC(=O)c3ccc([N+](=O)[O-])cc3)c(-c3ccccc3)c2)cc1-c1ccccc1. The van der Waals surface area contributed by atoms with Crippen LogP contribution in [0, 0.1) is 10.1 Å². The largest absolute Gasteiger partial charge is 0.496 e. The van der Waals surface area contributed by atoms with Gasteiger partial charge in [0.05, 0.1) is 27.4 Å². The third-order valence-corrected chi connectivity index (χ3v) is 8.18. The van der Waals surface area contributed by atoms with E-state index < -0.39 is 20.7 Å². The number of esters is 1. The topological polar surface area (TPSA) is 113 Å². The van der Waals surface area contributed by atoms with Gasteiger partial charge < -0.3 is 9.47 Å². The van der Waals surface area contributed by atoms with Crippen LogP contribution in [0.2, 0.25) is 0 Å². The van der Waals surface area contributed by atoms with E-state index in [1.165, 1.54) is 55.6 Å². The molecule has 0 bridgehead atoms. The molecule has 204 valence electrons. The second-order valence-electron chi connectivity index (χ2n) is 8.95. The number of ether oxygens (including phenoxy) is 2. The van der Waals surface area contributed by atoms with Crippen molar-refractivity contribution in [3.63, 3.8) is 0 Å². The Balaban J connectivity index is 1.55. The maximum Gasteiger partial charge on any atom is 0.343 e. The fourth-order valence-corrected chi connectivity index (χ4v) is 5.63. The molecule has 0 aliphatic rings. The molecular weight excluding hydrogens is 542 g/mol. The molecule has 8 nitrogen and oxygen atoms in total. The maximum atomic E-state index is 13.8. The van der Waals surface area contributed by atoms with Crippen LogP contribution in [0.25, 0.3) is 22.3 Å². The Morgan fingerprint density at radius 1 is 0.683 bits per heavy atom. The molecule has 0 N–H and O–H groups in total. The minimum atomic E-state index is -4.00. The number of nitro groups is 1. The van der Waals surface area contributed by atoms with Gasteiger partial charge in [-0.15, -0.1) is 0 Å². The zero-order chi connectivity index (χ0) is 29.0. The second-order valence-corrected chi connectivity index (χ2v) is 10.9. The molecule has 9 heteroatoms. The summed E-state index contributed by atoms with van der Waals surface area (Å²) in [7, 11) is -2.47. The van der Waals surface area contributed by atoms with E-state index in [1.54, 1.807) is 36.4 Å². The first-order valence-electron chi connectivity index (χ1n) is 12.4. The fraction of sp³-hybridized carbons (Fsp3) is 0.0312.